The standard InChI is InChI=1S/C14H16N2O/c17-14(15-9-4-1-5-10-15)16-11-8-12-6-2-3-7-13(12)16/h2-3,6-8,11H,1,4-5,9-10H2. The van der Waals surface area contributed by atoms with Crippen molar-refractivity contribution < 1.29 is 4.79 Å². The van der Waals surface area contributed by atoms with Crippen LogP contribution in [0.3, 0.4) is 0 Å². The molecule has 17 heavy (non-hydrogen) atoms. The van der Waals surface area contributed by atoms with Gasteiger partial charge in [-0.25, -0.2) is 4.79 Å². The molecule has 0 bridgehead atoms. The molecule has 1 fully saturated rings. The van der Waals surface area contributed by atoms with Gasteiger partial charge < -0.3 is 4.90 Å². The molecular formula is C14H16N2O. The second-order valence-electron chi connectivity index (χ2n) is 4.57. The first kappa shape index (κ1) is 10.4. The molecule has 0 spiro atoms. The van der Waals surface area contributed by atoms with Crippen molar-refractivity contribution >= 4 is 16.9 Å². The first-order chi connectivity index (χ1) is 8.36. The molecular weight excluding hydrogens is 212 g/mol. The molecule has 3 rings (SSSR count). The number of para-hydroxylation sites is 1. The Morgan fingerprint density at radius 3 is 2.59 bits per heavy atom. The predicted octanol–water partition coefficient (Wildman–Crippen LogP) is 3.10. The lowest BCUT2D eigenvalue weighted by molar-refractivity contribution is 0.189. The number of benzene rings is 1. The second-order valence-corrected chi connectivity index (χ2v) is 4.57. The average molecular weight is 228 g/mol. The van der Waals surface area contributed by atoms with Gasteiger partial charge >= 0.3 is 6.03 Å². The lowest BCUT2D eigenvalue weighted by Gasteiger charge is -2.26. The van der Waals surface area contributed by atoms with E-state index in [1.165, 1.54) is 6.42 Å². The molecule has 2 aromatic rings. The smallest absolute Gasteiger partial charge is 0.324 e. The van der Waals surface area contributed by atoms with Gasteiger partial charge in [0, 0.05) is 24.7 Å². The number of hydrogen-bond donors (Lipinski definition) is 0. The lowest BCUT2D eigenvalue weighted by atomic mass is 10.1. The summed E-state index contributed by atoms with van der Waals surface area (Å²) in [4.78, 5) is 14.3. The SMILES string of the molecule is O=C(N1CCCCC1)n1ccc2ccccc21. The van der Waals surface area contributed by atoms with Crippen LogP contribution < -0.4 is 0 Å². The first-order valence-electron chi connectivity index (χ1n) is 6.21. The maximum absolute atomic E-state index is 12.4. The summed E-state index contributed by atoms with van der Waals surface area (Å²) in [7, 11) is 0. The summed E-state index contributed by atoms with van der Waals surface area (Å²) in [6, 6.07) is 10.1. The monoisotopic (exact) mass is 228 g/mol. The lowest BCUT2D eigenvalue weighted by Crippen LogP contribution is -2.38. The molecule has 3 heteroatoms. The molecule has 1 saturated heterocycles. The van der Waals surface area contributed by atoms with Crippen LogP contribution in [0.2, 0.25) is 0 Å². The highest BCUT2D eigenvalue weighted by Crippen LogP contribution is 2.17. The molecule has 0 saturated carbocycles. The topological polar surface area (TPSA) is 25.2 Å². The van der Waals surface area contributed by atoms with Crippen molar-refractivity contribution in [3.05, 3.63) is 36.5 Å². The Bertz CT molecular complexity index is 538. The molecule has 0 aliphatic carbocycles. The van der Waals surface area contributed by atoms with Gasteiger partial charge in [-0.1, -0.05) is 18.2 Å². The second kappa shape index (κ2) is 4.24. The number of piperidine rings is 1. The summed E-state index contributed by atoms with van der Waals surface area (Å²) < 4.78 is 1.76. The van der Waals surface area contributed by atoms with E-state index < -0.39 is 0 Å². The highest BCUT2D eigenvalue weighted by atomic mass is 16.2. The maximum Gasteiger partial charge on any atom is 0.328 e. The molecule has 0 atom stereocenters. The predicted molar refractivity (Wildman–Crippen MR) is 68.2 cm³/mol. The summed E-state index contributed by atoms with van der Waals surface area (Å²) in [5.74, 6) is 0. The number of aromatic nitrogens is 1. The van der Waals surface area contributed by atoms with E-state index in [1.807, 2.05) is 41.4 Å². The van der Waals surface area contributed by atoms with Crippen LogP contribution in [0.15, 0.2) is 36.5 Å². The molecule has 1 aliphatic heterocycles. The first-order valence-corrected chi connectivity index (χ1v) is 6.21. The molecule has 1 aliphatic rings. The van der Waals surface area contributed by atoms with E-state index in [4.69, 9.17) is 0 Å². The van der Waals surface area contributed by atoms with E-state index in [9.17, 15) is 4.79 Å². The number of amides is 1. The zero-order valence-corrected chi connectivity index (χ0v) is 9.80. The zero-order chi connectivity index (χ0) is 11.7. The Labute approximate surface area is 101 Å². The van der Waals surface area contributed by atoms with E-state index in [2.05, 4.69) is 0 Å². The van der Waals surface area contributed by atoms with Crippen molar-refractivity contribution in [3.63, 3.8) is 0 Å². The van der Waals surface area contributed by atoms with Crippen LogP contribution in [0.5, 0.6) is 0 Å². The fourth-order valence-corrected chi connectivity index (χ4v) is 2.49. The maximum atomic E-state index is 12.4. The fraction of sp³-hybridized carbons (Fsp3) is 0.357. The molecule has 88 valence electrons. The molecule has 3 nitrogen and oxygen atoms in total. The van der Waals surface area contributed by atoms with Gasteiger partial charge in [-0.15, -0.1) is 0 Å². The summed E-state index contributed by atoms with van der Waals surface area (Å²) in [6.45, 7) is 1.79. The number of fused-ring (bicyclic) bond motifs is 1. The van der Waals surface area contributed by atoms with Crippen LogP contribution in [-0.2, 0) is 0 Å². The van der Waals surface area contributed by atoms with Crippen LogP contribution in [0.1, 0.15) is 19.3 Å². The van der Waals surface area contributed by atoms with Crippen LogP contribution in [0.25, 0.3) is 10.9 Å². The van der Waals surface area contributed by atoms with Crippen molar-refractivity contribution in [1.29, 1.82) is 0 Å². The fourth-order valence-electron chi connectivity index (χ4n) is 2.49. The van der Waals surface area contributed by atoms with E-state index in [0.29, 0.717) is 0 Å². The average Bonchev–Trinajstić information content (AvgIpc) is 2.83. The number of carbonyl (C=O) groups excluding carboxylic acids is 1. The quantitative estimate of drug-likeness (QED) is 0.680. The summed E-state index contributed by atoms with van der Waals surface area (Å²) in [6.07, 6.45) is 5.38. The van der Waals surface area contributed by atoms with Gasteiger partial charge in [-0.3, -0.25) is 4.57 Å². The van der Waals surface area contributed by atoms with E-state index in [-0.39, 0.29) is 6.03 Å². The Hall–Kier alpha value is -1.77. The summed E-state index contributed by atoms with van der Waals surface area (Å²) in [5.41, 5.74) is 1.00. The van der Waals surface area contributed by atoms with Crippen molar-refractivity contribution in [1.82, 2.24) is 9.47 Å². The highest BCUT2D eigenvalue weighted by molar-refractivity contribution is 5.91. The number of hydrogen-bond acceptors (Lipinski definition) is 1. The van der Waals surface area contributed by atoms with Gasteiger partial charge in [-0.2, -0.15) is 0 Å². The van der Waals surface area contributed by atoms with Gasteiger partial charge in [0.2, 0.25) is 0 Å². The Morgan fingerprint density at radius 2 is 1.76 bits per heavy atom. The van der Waals surface area contributed by atoms with Gasteiger partial charge in [0.05, 0.1) is 5.52 Å². The molecule has 0 unspecified atom stereocenters. The molecule has 1 amide bonds. The largest absolute Gasteiger partial charge is 0.328 e. The minimum Gasteiger partial charge on any atom is -0.324 e. The van der Waals surface area contributed by atoms with E-state index in [1.54, 1.807) is 4.57 Å². The van der Waals surface area contributed by atoms with E-state index >= 15 is 0 Å². The molecule has 2 heterocycles. The molecule has 0 N–H and O–H groups in total. The van der Waals surface area contributed by atoms with Crippen LogP contribution >= 0.6 is 0 Å². The van der Waals surface area contributed by atoms with Crippen molar-refractivity contribution in [2.45, 2.75) is 19.3 Å². The normalized spacial score (nSPS) is 16.4. The van der Waals surface area contributed by atoms with Gasteiger partial charge in [0.15, 0.2) is 0 Å². The van der Waals surface area contributed by atoms with Gasteiger partial charge in [0.25, 0.3) is 0 Å². The molecule has 0 radical (unpaired) electrons. The summed E-state index contributed by atoms with van der Waals surface area (Å²) in [5, 5.41) is 1.12. The van der Waals surface area contributed by atoms with Gasteiger partial charge in [0.1, 0.15) is 0 Å². The van der Waals surface area contributed by atoms with Crippen molar-refractivity contribution in [2.75, 3.05) is 13.1 Å². The zero-order valence-electron chi connectivity index (χ0n) is 9.80. The van der Waals surface area contributed by atoms with Crippen LogP contribution in [-0.4, -0.2) is 28.6 Å². The number of likely N-dealkylation sites (tertiary alicyclic amines) is 1. The molecule has 1 aromatic carbocycles. The molecule has 1 aromatic heterocycles. The highest BCUT2D eigenvalue weighted by Gasteiger charge is 2.18. The third-order valence-electron chi connectivity index (χ3n) is 3.43. The third kappa shape index (κ3) is 1.82. The van der Waals surface area contributed by atoms with Crippen LogP contribution in [0.4, 0.5) is 4.79 Å². The number of nitrogens with zero attached hydrogens (tertiary/aromatic N) is 2. The van der Waals surface area contributed by atoms with Crippen LogP contribution in [0, 0.1) is 0 Å². The number of carbonyl (C=O) groups is 1. The Kier molecular flexibility index (Phi) is 2.59. The Balaban J connectivity index is 1.95. The van der Waals surface area contributed by atoms with Crippen molar-refractivity contribution in [2.24, 2.45) is 0 Å². The minimum atomic E-state index is 0.117. The third-order valence-corrected chi connectivity index (χ3v) is 3.43. The number of rotatable bonds is 0. The van der Waals surface area contributed by atoms with E-state index in [0.717, 1.165) is 36.8 Å². The van der Waals surface area contributed by atoms with Gasteiger partial charge in [-0.05, 0) is 31.4 Å². The van der Waals surface area contributed by atoms with Crippen molar-refractivity contribution in [3.8, 4) is 0 Å². The summed E-state index contributed by atoms with van der Waals surface area (Å²) >= 11 is 0. The Morgan fingerprint density at radius 1 is 1.00 bits per heavy atom. The minimum absolute atomic E-state index is 0.117.